The summed E-state index contributed by atoms with van der Waals surface area (Å²) in [5.74, 6) is -0.637. The minimum Gasteiger partial charge on any atom is -0.496 e. The largest absolute Gasteiger partial charge is 0.496 e. The van der Waals surface area contributed by atoms with Gasteiger partial charge in [-0.05, 0) is 18.9 Å². The van der Waals surface area contributed by atoms with E-state index in [2.05, 4.69) is 0 Å². The lowest BCUT2D eigenvalue weighted by Gasteiger charge is -2.32. The third-order valence-electron chi connectivity index (χ3n) is 5.56. The molecular formula is C23H29NO8. The normalized spacial score (nSPS) is 18.5. The Labute approximate surface area is 187 Å². The summed E-state index contributed by atoms with van der Waals surface area (Å²) in [7, 11) is 7.12. The molecule has 2 heterocycles. The lowest BCUT2D eigenvalue weighted by Crippen LogP contribution is -2.32. The van der Waals surface area contributed by atoms with E-state index in [9.17, 15) is 9.59 Å². The van der Waals surface area contributed by atoms with Crippen LogP contribution in [0.1, 0.15) is 24.3 Å². The molecule has 0 saturated carbocycles. The second kappa shape index (κ2) is 10.4. The van der Waals surface area contributed by atoms with E-state index in [1.54, 1.807) is 29.4 Å². The summed E-state index contributed by atoms with van der Waals surface area (Å²) in [5, 5.41) is 0. The molecule has 0 aliphatic carbocycles. The molecule has 1 atom stereocenters. The topological polar surface area (TPSA) is 92.8 Å². The molecule has 0 unspecified atom stereocenters. The highest BCUT2D eigenvalue weighted by Gasteiger charge is 2.38. The minimum absolute atomic E-state index is 0.00691. The Morgan fingerprint density at radius 1 is 0.906 bits per heavy atom. The lowest BCUT2D eigenvalue weighted by atomic mass is 9.82. The molecular weight excluding hydrogens is 418 g/mol. The molecule has 0 radical (unpaired) electrons. The lowest BCUT2D eigenvalue weighted by molar-refractivity contribution is -0.137. The molecule has 1 fully saturated rings. The predicted molar refractivity (Wildman–Crippen MR) is 115 cm³/mol. The van der Waals surface area contributed by atoms with Crippen LogP contribution in [0.25, 0.3) is 0 Å². The van der Waals surface area contributed by atoms with Crippen molar-refractivity contribution in [3.63, 3.8) is 0 Å². The van der Waals surface area contributed by atoms with E-state index in [0.29, 0.717) is 36.0 Å². The standard InChI is InChI=1S/C23H29NO8/c1-27-18-10-20(29-3)19(28-2)9-15(18)21-16(22(25)30-4)12-24(11-14-7-6-8-32-14)13-17(21)23(26)31-5/h9-10,12-14,21H,6-8,11H2,1-5H3/t14-/m1/s1. The van der Waals surface area contributed by atoms with Crippen molar-refractivity contribution in [3.8, 4) is 17.2 Å². The van der Waals surface area contributed by atoms with Gasteiger partial charge in [-0.25, -0.2) is 9.59 Å². The van der Waals surface area contributed by atoms with Crippen LogP contribution in [0.15, 0.2) is 35.7 Å². The summed E-state index contributed by atoms with van der Waals surface area (Å²) in [5.41, 5.74) is 1.06. The first-order chi connectivity index (χ1) is 15.5. The maximum Gasteiger partial charge on any atom is 0.336 e. The zero-order valence-corrected chi connectivity index (χ0v) is 19.0. The van der Waals surface area contributed by atoms with Crippen molar-refractivity contribution in [2.45, 2.75) is 24.9 Å². The molecule has 2 aliphatic rings. The van der Waals surface area contributed by atoms with Crippen molar-refractivity contribution in [1.82, 2.24) is 4.90 Å². The van der Waals surface area contributed by atoms with Crippen molar-refractivity contribution < 1.29 is 38.0 Å². The number of hydrogen-bond acceptors (Lipinski definition) is 9. The smallest absolute Gasteiger partial charge is 0.336 e. The first kappa shape index (κ1) is 23.5. The van der Waals surface area contributed by atoms with E-state index in [-0.39, 0.29) is 17.3 Å². The van der Waals surface area contributed by atoms with Crippen LogP contribution in [0.4, 0.5) is 0 Å². The van der Waals surface area contributed by atoms with E-state index in [4.69, 9.17) is 28.4 Å². The van der Waals surface area contributed by atoms with E-state index in [1.165, 1.54) is 35.5 Å². The molecule has 32 heavy (non-hydrogen) atoms. The highest BCUT2D eigenvalue weighted by Crippen LogP contribution is 2.45. The van der Waals surface area contributed by atoms with Crippen LogP contribution < -0.4 is 14.2 Å². The monoisotopic (exact) mass is 447 g/mol. The van der Waals surface area contributed by atoms with Crippen molar-refractivity contribution in [2.24, 2.45) is 0 Å². The zero-order valence-electron chi connectivity index (χ0n) is 19.0. The van der Waals surface area contributed by atoms with E-state index >= 15 is 0 Å². The average molecular weight is 447 g/mol. The Balaban J connectivity index is 2.15. The Morgan fingerprint density at radius 2 is 1.47 bits per heavy atom. The zero-order chi connectivity index (χ0) is 23.3. The number of hydrogen-bond donors (Lipinski definition) is 0. The molecule has 0 spiro atoms. The summed E-state index contributed by atoms with van der Waals surface area (Å²) in [4.78, 5) is 27.5. The van der Waals surface area contributed by atoms with Gasteiger partial charge in [0.25, 0.3) is 0 Å². The first-order valence-corrected chi connectivity index (χ1v) is 10.2. The maximum absolute atomic E-state index is 12.8. The molecule has 2 aliphatic heterocycles. The van der Waals surface area contributed by atoms with Gasteiger partial charge in [0.2, 0.25) is 0 Å². The molecule has 0 N–H and O–H groups in total. The van der Waals surface area contributed by atoms with Crippen LogP contribution in [-0.2, 0) is 23.8 Å². The number of carbonyl (C=O) groups excluding carboxylic acids is 2. The van der Waals surface area contributed by atoms with Crippen molar-refractivity contribution >= 4 is 11.9 Å². The fourth-order valence-corrected chi connectivity index (χ4v) is 4.03. The highest BCUT2D eigenvalue weighted by atomic mass is 16.5. The molecule has 0 aromatic heterocycles. The average Bonchev–Trinajstić information content (AvgIpc) is 3.34. The van der Waals surface area contributed by atoms with Gasteiger partial charge in [0.15, 0.2) is 11.5 Å². The number of carbonyl (C=O) groups is 2. The van der Waals surface area contributed by atoms with Gasteiger partial charge in [0.05, 0.1) is 58.7 Å². The molecule has 9 nitrogen and oxygen atoms in total. The van der Waals surface area contributed by atoms with Crippen molar-refractivity contribution in [1.29, 1.82) is 0 Å². The Bertz CT molecular complexity index is 883. The van der Waals surface area contributed by atoms with Crippen LogP contribution in [0.3, 0.4) is 0 Å². The van der Waals surface area contributed by atoms with E-state index in [1.807, 2.05) is 0 Å². The van der Waals surface area contributed by atoms with Crippen LogP contribution in [0.5, 0.6) is 17.2 Å². The van der Waals surface area contributed by atoms with Crippen LogP contribution in [0, 0.1) is 0 Å². The number of benzene rings is 1. The fourth-order valence-electron chi connectivity index (χ4n) is 4.03. The second-order valence-electron chi connectivity index (χ2n) is 7.37. The fraction of sp³-hybridized carbons (Fsp3) is 0.478. The molecule has 1 aromatic rings. The molecule has 3 rings (SSSR count). The summed E-state index contributed by atoms with van der Waals surface area (Å²) >= 11 is 0. The summed E-state index contributed by atoms with van der Waals surface area (Å²) in [6.45, 7) is 1.20. The third-order valence-corrected chi connectivity index (χ3v) is 5.56. The molecule has 9 heteroatoms. The Hall–Kier alpha value is -3.20. The number of ether oxygens (including phenoxy) is 6. The number of rotatable bonds is 8. The number of nitrogens with zero attached hydrogens (tertiary/aromatic N) is 1. The molecule has 174 valence electrons. The van der Waals surface area contributed by atoms with Crippen LogP contribution in [-0.4, -0.2) is 71.6 Å². The quantitative estimate of drug-likeness (QED) is 0.557. The van der Waals surface area contributed by atoms with Crippen molar-refractivity contribution in [2.75, 3.05) is 48.7 Å². The van der Waals surface area contributed by atoms with Gasteiger partial charge in [0.1, 0.15) is 5.75 Å². The van der Waals surface area contributed by atoms with Gasteiger partial charge in [-0.1, -0.05) is 0 Å². The number of esters is 2. The van der Waals surface area contributed by atoms with Gasteiger partial charge in [-0.2, -0.15) is 0 Å². The van der Waals surface area contributed by atoms with Gasteiger partial charge in [-0.15, -0.1) is 0 Å². The van der Waals surface area contributed by atoms with Crippen LogP contribution in [0.2, 0.25) is 0 Å². The van der Waals surface area contributed by atoms with E-state index in [0.717, 1.165) is 12.8 Å². The molecule has 1 saturated heterocycles. The number of methoxy groups -OCH3 is 5. The summed E-state index contributed by atoms with van der Waals surface area (Å²) in [6, 6.07) is 3.34. The van der Waals surface area contributed by atoms with Gasteiger partial charge < -0.3 is 33.3 Å². The Morgan fingerprint density at radius 3 is 1.94 bits per heavy atom. The predicted octanol–water partition coefficient (Wildman–Crippen LogP) is 2.40. The van der Waals surface area contributed by atoms with E-state index < -0.39 is 17.9 Å². The summed E-state index contributed by atoms with van der Waals surface area (Å²) < 4.78 is 32.2. The third kappa shape index (κ3) is 4.67. The van der Waals surface area contributed by atoms with Gasteiger partial charge in [0, 0.05) is 37.2 Å². The second-order valence-corrected chi connectivity index (χ2v) is 7.37. The van der Waals surface area contributed by atoms with Crippen molar-refractivity contribution in [3.05, 3.63) is 41.2 Å². The highest BCUT2D eigenvalue weighted by molar-refractivity contribution is 5.99. The molecule has 0 amide bonds. The van der Waals surface area contributed by atoms with Gasteiger partial charge >= 0.3 is 11.9 Å². The van der Waals surface area contributed by atoms with Crippen LogP contribution >= 0.6 is 0 Å². The summed E-state index contributed by atoms with van der Waals surface area (Å²) in [6.07, 6.45) is 5.26. The first-order valence-electron chi connectivity index (χ1n) is 10.2. The molecule has 1 aromatic carbocycles. The maximum atomic E-state index is 12.8. The SMILES string of the molecule is COC(=O)C1=CN(C[C@H]2CCCO2)C=C(C(=O)OC)C1c1cc(OC)c(OC)cc1OC. The molecule has 0 bridgehead atoms. The van der Waals surface area contributed by atoms with Gasteiger partial charge in [-0.3, -0.25) is 0 Å². The Kier molecular flexibility index (Phi) is 7.63. The minimum atomic E-state index is -0.801.